The van der Waals surface area contributed by atoms with Crippen molar-refractivity contribution in [2.24, 2.45) is 16.5 Å². The average Bonchev–Trinajstić information content (AvgIpc) is 3.46. The molecule has 4 heterocycles. The normalized spacial score (nSPS) is 32.2. The quantitative estimate of drug-likeness (QED) is 0.119. The Bertz CT molecular complexity index is 1350. The molecule has 0 aromatic heterocycles. The third-order valence-electron chi connectivity index (χ3n) is 8.41. The highest BCUT2D eigenvalue weighted by Gasteiger charge is 2.75. The summed E-state index contributed by atoms with van der Waals surface area (Å²) in [5, 5.41) is 31.4. The molecule has 5 aliphatic rings. The van der Waals surface area contributed by atoms with Gasteiger partial charge in [0.15, 0.2) is 5.96 Å². The molecule has 1 spiro atoms. The molecule has 2 saturated heterocycles. The summed E-state index contributed by atoms with van der Waals surface area (Å²) in [6, 6.07) is 1.00. The number of fused-ring (bicyclic) bond motifs is 1. The zero-order valence-electron chi connectivity index (χ0n) is 20.8. The van der Waals surface area contributed by atoms with E-state index in [-0.39, 0.29) is 67.2 Å². The van der Waals surface area contributed by atoms with Crippen LogP contribution in [0.3, 0.4) is 0 Å². The number of hydrogen-bond acceptors (Lipinski definition) is 10. The summed E-state index contributed by atoms with van der Waals surface area (Å²) >= 11 is 0. The van der Waals surface area contributed by atoms with Crippen molar-refractivity contribution < 1.29 is 38.0 Å². The molecule has 0 saturated carbocycles. The maximum atomic E-state index is 14.9. The molecule has 13 nitrogen and oxygen atoms in total. The van der Waals surface area contributed by atoms with E-state index < -0.39 is 47.8 Å². The average molecular weight is 548 g/mol. The van der Waals surface area contributed by atoms with Crippen LogP contribution in [0.15, 0.2) is 23.2 Å². The summed E-state index contributed by atoms with van der Waals surface area (Å²) in [4.78, 5) is 43.3. The fourth-order valence-corrected chi connectivity index (χ4v) is 6.62. The van der Waals surface area contributed by atoms with E-state index in [1.807, 2.05) is 0 Å². The summed E-state index contributed by atoms with van der Waals surface area (Å²) in [5.74, 6) is -7.83. The zero-order chi connectivity index (χ0) is 27.9. The van der Waals surface area contributed by atoms with E-state index in [4.69, 9.17) is 11.5 Å². The Morgan fingerprint density at radius 2 is 1.92 bits per heavy atom. The SMILES string of the molecule is NC1=NC2[C@H](CN3C(=O)CCC3=O)NC(N)=[N+]3CC(NC(=O)c4cccc5c4C(F)(F)CCC5)C(O)(O)C23N1. The van der Waals surface area contributed by atoms with Crippen molar-refractivity contribution in [2.45, 2.75) is 67.6 Å². The largest absolute Gasteiger partial charge is 0.370 e. The van der Waals surface area contributed by atoms with Gasteiger partial charge in [0.25, 0.3) is 11.8 Å². The molecule has 3 unspecified atom stereocenters. The Labute approximate surface area is 220 Å². The van der Waals surface area contributed by atoms with Crippen LogP contribution >= 0.6 is 0 Å². The van der Waals surface area contributed by atoms with Gasteiger partial charge < -0.3 is 26.6 Å². The van der Waals surface area contributed by atoms with Gasteiger partial charge in [0.05, 0.1) is 13.1 Å². The summed E-state index contributed by atoms with van der Waals surface area (Å²) in [5.41, 5.74) is 10.1. The number of amides is 3. The number of rotatable bonds is 4. The molecule has 1 aromatic rings. The highest BCUT2D eigenvalue weighted by Crippen LogP contribution is 2.44. The van der Waals surface area contributed by atoms with Gasteiger partial charge in [0.1, 0.15) is 18.1 Å². The molecule has 3 amide bonds. The Kier molecular flexibility index (Phi) is 5.43. The molecular weight excluding hydrogens is 518 g/mol. The smallest absolute Gasteiger partial charge is 0.346 e. The number of aryl methyl sites for hydroxylation is 1. The van der Waals surface area contributed by atoms with Crippen LogP contribution in [-0.2, 0) is 21.9 Å². The van der Waals surface area contributed by atoms with Crippen LogP contribution in [0.25, 0.3) is 0 Å². The first-order valence-corrected chi connectivity index (χ1v) is 12.7. The van der Waals surface area contributed by atoms with E-state index in [0.29, 0.717) is 12.0 Å². The van der Waals surface area contributed by atoms with Crippen molar-refractivity contribution >= 4 is 29.6 Å². The van der Waals surface area contributed by atoms with Gasteiger partial charge in [0.2, 0.25) is 23.3 Å². The predicted octanol–water partition coefficient (Wildman–Crippen LogP) is -2.66. The summed E-state index contributed by atoms with van der Waals surface area (Å²) in [6.45, 7) is -0.404. The molecule has 0 bridgehead atoms. The van der Waals surface area contributed by atoms with E-state index in [1.54, 1.807) is 6.07 Å². The summed E-state index contributed by atoms with van der Waals surface area (Å²) in [7, 11) is 0. The standard InChI is InChI=1S/C24H28F2N8O5/c25-22(26)8-2-4-11-3-1-5-12(17(11)22)19(37)30-14-10-34-21(28)29-13(9-33-15(35)6-7-16(33)36)18-23(34,24(14,38)39)32-20(27)31-18/h1,3,5,13-14,18,38-39H,2,4,6-10H2,(H6,27,28,29,30,31,32,37)/p+1/t13-,14?,18?,23?/m0/s1. The molecule has 4 atom stereocenters. The lowest BCUT2D eigenvalue weighted by molar-refractivity contribution is -0.623. The van der Waals surface area contributed by atoms with Crippen LogP contribution in [0.4, 0.5) is 8.78 Å². The molecule has 15 heteroatoms. The van der Waals surface area contributed by atoms with E-state index >= 15 is 0 Å². The summed E-state index contributed by atoms with van der Waals surface area (Å²) < 4.78 is 31.1. The van der Waals surface area contributed by atoms with E-state index in [9.17, 15) is 33.4 Å². The maximum absolute atomic E-state index is 14.9. The monoisotopic (exact) mass is 547 g/mol. The van der Waals surface area contributed by atoms with Gasteiger partial charge in [-0.3, -0.25) is 30.3 Å². The zero-order valence-corrected chi connectivity index (χ0v) is 20.8. The van der Waals surface area contributed by atoms with Gasteiger partial charge in [-0.25, -0.2) is 18.3 Å². The highest BCUT2D eigenvalue weighted by atomic mass is 19.3. The number of imide groups is 1. The highest BCUT2D eigenvalue weighted by molar-refractivity contribution is 6.02. The van der Waals surface area contributed by atoms with Crippen molar-refractivity contribution in [2.75, 3.05) is 13.1 Å². The molecular formula is C24H29F2N8O5+. The molecule has 1 aliphatic carbocycles. The third-order valence-corrected chi connectivity index (χ3v) is 8.41. The number of benzene rings is 1. The minimum absolute atomic E-state index is 0.0411. The van der Waals surface area contributed by atoms with Gasteiger partial charge in [-0.05, 0) is 24.5 Å². The van der Waals surface area contributed by atoms with Crippen LogP contribution in [0.5, 0.6) is 0 Å². The van der Waals surface area contributed by atoms with Gasteiger partial charge in [-0.1, -0.05) is 12.1 Å². The van der Waals surface area contributed by atoms with Gasteiger partial charge in [-0.2, -0.15) is 0 Å². The molecule has 39 heavy (non-hydrogen) atoms. The number of likely N-dealkylation sites (tertiary alicyclic amines) is 1. The van der Waals surface area contributed by atoms with Crippen molar-refractivity contribution in [3.8, 4) is 0 Å². The number of guanidine groups is 2. The fraction of sp³-hybridized carbons (Fsp3) is 0.542. The number of hydrogen-bond donors (Lipinski definition) is 7. The predicted molar refractivity (Wildman–Crippen MR) is 130 cm³/mol. The number of carbonyl (C=O) groups is 3. The van der Waals surface area contributed by atoms with Crippen molar-refractivity contribution in [3.05, 3.63) is 34.9 Å². The first-order valence-electron chi connectivity index (χ1n) is 12.7. The van der Waals surface area contributed by atoms with Crippen LogP contribution in [-0.4, -0.2) is 92.0 Å². The summed E-state index contributed by atoms with van der Waals surface area (Å²) in [6.07, 6.45) is 0.428. The van der Waals surface area contributed by atoms with E-state index in [0.717, 1.165) is 4.90 Å². The topological polar surface area (TPSA) is 198 Å². The molecule has 1 aromatic carbocycles. The van der Waals surface area contributed by atoms with Crippen molar-refractivity contribution in [3.63, 3.8) is 0 Å². The molecule has 208 valence electrons. The van der Waals surface area contributed by atoms with Gasteiger partial charge in [0, 0.05) is 30.4 Å². The van der Waals surface area contributed by atoms with Crippen LogP contribution < -0.4 is 27.4 Å². The second-order valence-electron chi connectivity index (χ2n) is 10.6. The Morgan fingerprint density at radius 3 is 2.64 bits per heavy atom. The van der Waals surface area contributed by atoms with Crippen molar-refractivity contribution in [1.29, 1.82) is 0 Å². The van der Waals surface area contributed by atoms with E-state index in [1.165, 1.54) is 16.7 Å². The number of aliphatic imine (C=N–C) groups is 1. The second-order valence-corrected chi connectivity index (χ2v) is 10.6. The lowest BCUT2D eigenvalue weighted by Gasteiger charge is -2.44. The number of alkyl halides is 2. The molecule has 0 radical (unpaired) electrons. The molecule has 2 fully saturated rings. The number of aliphatic hydroxyl groups is 2. The lowest BCUT2D eigenvalue weighted by Crippen LogP contribution is -2.79. The van der Waals surface area contributed by atoms with Gasteiger partial charge >= 0.3 is 5.96 Å². The number of carbonyl (C=O) groups excluding carboxylic acids is 3. The third kappa shape index (κ3) is 3.52. The minimum Gasteiger partial charge on any atom is -0.370 e. The fourth-order valence-electron chi connectivity index (χ4n) is 6.62. The molecule has 6 rings (SSSR count). The number of nitrogens with one attached hydrogen (secondary N) is 3. The van der Waals surface area contributed by atoms with Gasteiger partial charge in [-0.15, -0.1) is 0 Å². The second kappa shape index (κ2) is 8.32. The molecule has 4 aliphatic heterocycles. The Morgan fingerprint density at radius 1 is 1.21 bits per heavy atom. The number of nitrogens with two attached hydrogens (primary N) is 2. The number of nitrogens with zero attached hydrogens (tertiary/aromatic N) is 3. The maximum Gasteiger partial charge on any atom is 0.346 e. The van der Waals surface area contributed by atoms with E-state index in [2.05, 4.69) is 20.9 Å². The Hall–Kier alpha value is -3.85. The Balaban J connectivity index is 1.33. The van der Waals surface area contributed by atoms with Crippen LogP contribution in [0.1, 0.15) is 47.2 Å². The number of halogens is 2. The molecule has 9 N–H and O–H groups in total. The first kappa shape index (κ1) is 25.4. The first-order chi connectivity index (χ1) is 18.4. The lowest BCUT2D eigenvalue weighted by atomic mass is 9.84. The van der Waals surface area contributed by atoms with Crippen LogP contribution in [0.2, 0.25) is 0 Å². The van der Waals surface area contributed by atoms with Crippen LogP contribution in [0, 0.1) is 0 Å². The van der Waals surface area contributed by atoms with Crippen molar-refractivity contribution in [1.82, 2.24) is 20.9 Å². The minimum atomic E-state index is -3.21.